The van der Waals surface area contributed by atoms with Gasteiger partial charge in [-0.2, -0.15) is 10.2 Å². The third-order valence-corrected chi connectivity index (χ3v) is 6.17. The molecule has 0 saturated heterocycles. The highest BCUT2D eigenvalue weighted by Gasteiger charge is 2.14. The Kier molecular flexibility index (Phi) is 12.3. The van der Waals surface area contributed by atoms with E-state index in [1.54, 1.807) is 36.4 Å². The summed E-state index contributed by atoms with van der Waals surface area (Å²) in [7, 11) is 1.88. The first-order valence-electron chi connectivity index (χ1n) is 12.7. The second-order valence-electron chi connectivity index (χ2n) is 8.91. The minimum atomic E-state index is -0.681. The monoisotopic (exact) mass is 609 g/mol. The molecule has 0 unspecified atom stereocenters. The summed E-state index contributed by atoms with van der Waals surface area (Å²) < 4.78 is 15.3. The van der Waals surface area contributed by atoms with Gasteiger partial charge in [-0.05, 0) is 73.2 Å². The Morgan fingerprint density at radius 3 is 2.19 bits per heavy atom. The molecule has 0 bridgehead atoms. The van der Waals surface area contributed by atoms with Crippen LogP contribution in [0.15, 0.2) is 95.2 Å². The summed E-state index contributed by atoms with van der Waals surface area (Å²) >= 11 is 12.0. The topological polar surface area (TPSA) is 107 Å². The number of carbonyl (C=O) groups excluding carboxylic acids is 3. The van der Waals surface area contributed by atoms with E-state index in [2.05, 4.69) is 16.8 Å². The van der Waals surface area contributed by atoms with Crippen LogP contribution in [0, 0.1) is 0 Å². The number of anilines is 1. The molecule has 0 atom stereocenters. The van der Waals surface area contributed by atoms with Crippen molar-refractivity contribution in [1.29, 1.82) is 0 Å². The SMILES string of the molecule is C=C(C)C(=O)OCCOC(=O)c1cc(N=Nc2ccc(N(C)CCOC(=O)C=Cc3ccc(Cl)cc3)cc2)ccc1Cl. The van der Waals surface area contributed by atoms with Crippen molar-refractivity contribution in [1.82, 2.24) is 0 Å². The maximum absolute atomic E-state index is 12.4. The lowest BCUT2D eigenvalue weighted by atomic mass is 10.2. The number of nitrogens with zero attached hydrogens (tertiary/aromatic N) is 3. The zero-order chi connectivity index (χ0) is 30.5. The number of ether oxygens (including phenoxy) is 3. The van der Waals surface area contributed by atoms with Gasteiger partial charge in [0.25, 0.3) is 0 Å². The van der Waals surface area contributed by atoms with Crippen molar-refractivity contribution in [2.24, 2.45) is 10.2 Å². The number of hydrogen-bond donors (Lipinski definition) is 0. The Morgan fingerprint density at radius 1 is 0.857 bits per heavy atom. The van der Waals surface area contributed by atoms with E-state index in [0.717, 1.165) is 11.3 Å². The Hall–Kier alpha value is -4.47. The van der Waals surface area contributed by atoms with E-state index in [4.69, 9.17) is 37.4 Å². The molecule has 0 aromatic heterocycles. The second-order valence-corrected chi connectivity index (χ2v) is 9.75. The van der Waals surface area contributed by atoms with Crippen LogP contribution in [-0.4, -0.2) is 51.3 Å². The molecule has 0 heterocycles. The molecule has 0 saturated carbocycles. The van der Waals surface area contributed by atoms with Crippen LogP contribution in [-0.2, 0) is 23.8 Å². The predicted octanol–water partition coefficient (Wildman–Crippen LogP) is 7.38. The number of rotatable bonds is 13. The molecule has 42 heavy (non-hydrogen) atoms. The Balaban J connectivity index is 1.47. The van der Waals surface area contributed by atoms with Crippen molar-refractivity contribution in [2.75, 3.05) is 38.3 Å². The molecule has 3 aromatic rings. The van der Waals surface area contributed by atoms with E-state index in [1.807, 2.05) is 36.2 Å². The number of hydrogen-bond acceptors (Lipinski definition) is 9. The molecule has 0 spiro atoms. The molecular weight excluding hydrogens is 581 g/mol. The molecule has 3 aromatic carbocycles. The normalized spacial score (nSPS) is 11.0. The second kappa shape index (κ2) is 16.1. The largest absolute Gasteiger partial charge is 0.461 e. The van der Waals surface area contributed by atoms with E-state index >= 15 is 0 Å². The van der Waals surface area contributed by atoms with Gasteiger partial charge >= 0.3 is 17.9 Å². The van der Waals surface area contributed by atoms with Gasteiger partial charge in [0.15, 0.2) is 0 Å². The standard InChI is InChI=1S/C31H29Cl2N3O6/c1-21(2)30(38)41-18-19-42-31(39)27-20-25(11-14-28(27)33)35-34-24-9-12-26(13-10-24)36(3)16-17-40-29(37)15-6-22-4-7-23(32)8-5-22/h4-15,20H,1,16-19H2,2-3H3. The van der Waals surface area contributed by atoms with Crippen molar-refractivity contribution in [2.45, 2.75) is 6.92 Å². The van der Waals surface area contributed by atoms with Gasteiger partial charge in [-0.15, -0.1) is 0 Å². The van der Waals surface area contributed by atoms with Crippen LogP contribution in [0.25, 0.3) is 6.08 Å². The quantitative estimate of drug-likeness (QED) is 0.0654. The predicted molar refractivity (Wildman–Crippen MR) is 163 cm³/mol. The summed E-state index contributed by atoms with van der Waals surface area (Å²) in [5, 5.41) is 9.21. The minimum absolute atomic E-state index is 0.104. The Bertz CT molecular complexity index is 1470. The van der Waals surface area contributed by atoms with Crippen molar-refractivity contribution in [3.63, 3.8) is 0 Å². The van der Waals surface area contributed by atoms with E-state index in [-0.39, 0.29) is 36.0 Å². The highest BCUT2D eigenvalue weighted by Crippen LogP contribution is 2.26. The van der Waals surface area contributed by atoms with Gasteiger partial charge in [-0.1, -0.05) is 41.9 Å². The third-order valence-electron chi connectivity index (χ3n) is 5.59. The zero-order valence-electron chi connectivity index (χ0n) is 23.1. The highest BCUT2D eigenvalue weighted by molar-refractivity contribution is 6.33. The van der Waals surface area contributed by atoms with Gasteiger partial charge < -0.3 is 19.1 Å². The molecule has 0 N–H and O–H groups in total. The van der Waals surface area contributed by atoms with E-state index in [1.165, 1.54) is 25.1 Å². The molecule has 0 aliphatic heterocycles. The van der Waals surface area contributed by atoms with Crippen LogP contribution in [0.1, 0.15) is 22.8 Å². The summed E-state index contributed by atoms with van der Waals surface area (Å²) in [5.41, 5.74) is 3.09. The van der Waals surface area contributed by atoms with Crippen LogP contribution in [0.3, 0.4) is 0 Å². The van der Waals surface area contributed by atoms with Gasteiger partial charge in [0, 0.05) is 29.4 Å². The van der Waals surface area contributed by atoms with Gasteiger partial charge in [0.05, 0.1) is 28.5 Å². The molecule has 11 heteroatoms. The lowest BCUT2D eigenvalue weighted by Crippen LogP contribution is -2.23. The molecule has 218 valence electrons. The number of azo groups is 1. The molecule has 0 aliphatic rings. The number of benzene rings is 3. The molecule has 0 fully saturated rings. The molecule has 0 amide bonds. The van der Waals surface area contributed by atoms with E-state index in [0.29, 0.717) is 22.9 Å². The van der Waals surface area contributed by atoms with Crippen LogP contribution in [0.5, 0.6) is 0 Å². The molecule has 3 rings (SSSR count). The van der Waals surface area contributed by atoms with E-state index < -0.39 is 17.9 Å². The van der Waals surface area contributed by atoms with Crippen LogP contribution >= 0.6 is 23.2 Å². The summed E-state index contributed by atoms with van der Waals surface area (Å²) in [4.78, 5) is 37.7. The van der Waals surface area contributed by atoms with Crippen LogP contribution in [0.2, 0.25) is 10.0 Å². The number of esters is 3. The van der Waals surface area contributed by atoms with Gasteiger partial charge in [0.1, 0.15) is 19.8 Å². The Morgan fingerprint density at radius 2 is 1.50 bits per heavy atom. The summed E-state index contributed by atoms with van der Waals surface area (Å²) in [6, 6.07) is 19.0. The number of likely N-dealkylation sites (N-methyl/N-ethyl adjacent to an activating group) is 1. The smallest absolute Gasteiger partial charge is 0.339 e. The minimum Gasteiger partial charge on any atom is -0.461 e. The van der Waals surface area contributed by atoms with Gasteiger partial charge in [0.2, 0.25) is 0 Å². The summed E-state index contributed by atoms with van der Waals surface area (Å²) in [6.45, 7) is 5.46. The first-order chi connectivity index (χ1) is 20.1. The number of carbonyl (C=O) groups is 3. The fourth-order valence-corrected chi connectivity index (χ4v) is 3.61. The fraction of sp³-hybridized carbons (Fsp3) is 0.194. The van der Waals surface area contributed by atoms with Gasteiger partial charge in [-0.25, -0.2) is 14.4 Å². The van der Waals surface area contributed by atoms with Gasteiger partial charge in [-0.3, -0.25) is 0 Å². The summed E-state index contributed by atoms with van der Waals surface area (Å²) in [6.07, 6.45) is 3.04. The third kappa shape index (κ3) is 10.5. The summed E-state index contributed by atoms with van der Waals surface area (Å²) in [5.74, 6) is -1.68. The molecule has 0 radical (unpaired) electrons. The van der Waals surface area contributed by atoms with Crippen LogP contribution < -0.4 is 4.90 Å². The lowest BCUT2D eigenvalue weighted by Gasteiger charge is -2.18. The fourth-order valence-electron chi connectivity index (χ4n) is 3.29. The van der Waals surface area contributed by atoms with Crippen molar-refractivity contribution < 1.29 is 28.6 Å². The first-order valence-corrected chi connectivity index (χ1v) is 13.5. The molecule has 0 aliphatic carbocycles. The van der Waals surface area contributed by atoms with Crippen molar-refractivity contribution in [3.05, 3.63) is 106 Å². The average Bonchev–Trinajstić information content (AvgIpc) is 2.98. The maximum atomic E-state index is 12.4. The zero-order valence-corrected chi connectivity index (χ0v) is 24.6. The van der Waals surface area contributed by atoms with E-state index in [9.17, 15) is 14.4 Å². The lowest BCUT2D eigenvalue weighted by molar-refractivity contribution is -0.140. The average molecular weight is 610 g/mol. The highest BCUT2D eigenvalue weighted by atomic mass is 35.5. The Labute approximate surface area is 254 Å². The van der Waals surface area contributed by atoms with Crippen molar-refractivity contribution >= 4 is 64.2 Å². The molecular formula is C31H29Cl2N3O6. The molecule has 9 nitrogen and oxygen atoms in total. The number of halogens is 2. The first kappa shape index (κ1) is 32.0. The maximum Gasteiger partial charge on any atom is 0.339 e. The van der Waals surface area contributed by atoms with Crippen molar-refractivity contribution in [3.8, 4) is 0 Å². The van der Waals surface area contributed by atoms with Crippen LogP contribution in [0.4, 0.5) is 17.1 Å².